The molecule has 0 bridgehead atoms. The highest BCUT2D eigenvalue weighted by Crippen LogP contribution is 2.41. The second-order valence-corrected chi connectivity index (χ2v) is 8.73. The SMILES string of the molecule is CC(C)c1cc(N2CCC3(CC2)CC(O)CN(C(=O)c2cccnc2)C3)ncn1. The number of pyridine rings is 1. The molecule has 0 saturated carbocycles. The Bertz CT molecular complexity index is 849. The number of amides is 1. The quantitative estimate of drug-likeness (QED) is 0.860. The fraction of sp³-hybridized carbons (Fsp3) is 0.545. The summed E-state index contributed by atoms with van der Waals surface area (Å²) in [6, 6.07) is 5.64. The zero-order chi connectivity index (χ0) is 20.4. The van der Waals surface area contributed by atoms with Gasteiger partial charge in [0.1, 0.15) is 12.1 Å². The van der Waals surface area contributed by atoms with E-state index in [1.807, 2.05) is 4.90 Å². The van der Waals surface area contributed by atoms with E-state index in [9.17, 15) is 9.90 Å². The third-order valence-electron chi connectivity index (χ3n) is 6.24. The molecule has 2 saturated heterocycles. The van der Waals surface area contributed by atoms with Gasteiger partial charge in [0.2, 0.25) is 0 Å². The molecule has 2 aliphatic rings. The van der Waals surface area contributed by atoms with E-state index >= 15 is 0 Å². The first-order chi connectivity index (χ1) is 14.0. The monoisotopic (exact) mass is 395 g/mol. The summed E-state index contributed by atoms with van der Waals surface area (Å²) >= 11 is 0. The molecule has 0 radical (unpaired) electrons. The van der Waals surface area contributed by atoms with Gasteiger partial charge in [-0.2, -0.15) is 0 Å². The van der Waals surface area contributed by atoms with E-state index in [1.54, 1.807) is 30.9 Å². The maximum absolute atomic E-state index is 12.9. The van der Waals surface area contributed by atoms with Crippen molar-refractivity contribution in [3.05, 3.63) is 48.2 Å². The maximum atomic E-state index is 12.9. The number of carbonyl (C=O) groups is 1. The second kappa shape index (κ2) is 8.06. The van der Waals surface area contributed by atoms with Crippen LogP contribution >= 0.6 is 0 Å². The number of β-amino-alcohol motifs (C(OH)–C–C–N with tert-alkyl or cyclic N) is 1. The largest absolute Gasteiger partial charge is 0.391 e. The molecule has 4 rings (SSSR count). The summed E-state index contributed by atoms with van der Waals surface area (Å²) in [5.41, 5.74) is 1.59. The van der Waals surface area contributed by atoms with E-state index in [0.29, 0.717) is 24.6 Å². The molecule has 7 heteroatoms. The van der Waals surface area contributed by atoms with Crippen LogP contribution < -0.4 is 4.90 Å². The maximum Gasteiger partial charge on any atom is 0.255 e. The van der Waals surface area contributed by atoms with Crippen molar-refractivity contribution in [3.63, 3.8) is 0 Å². The normalized spacial score (nSPS) is 21.6. The van der Waals surface area contributed by atoms with Gasteiger partial charge >= 0.3 is 0 Å². The Hall–Kier alpha value is -2.54. The summed E-state index contributed by atoms with van der Waals surface area (Å²) in [6.45, 7) is 7.09. The minimum atomic E-state index is -0.484. The van der Waals surface area contributed by atoms with Gasteiger partial charge in [0.25, 0.3) is 5.91 Å². The molecule has 2 aliphatic heterocycles. The Morgan fingerprint density at radius 3 is 2.76 bits per heavy atom. The third kappa shape index (κ3) is 4.24. The van der Waals surface area contributed by atoms with Gasteiger partial charge in [0.05, 0.1) is 11.7 Å². The summed E-state index contributed by atoms with van der Waals surface area (Å²) in [6.07, 6.45) is 7.04. The van der Waals surface area contributed by atoms with Crippen LogP contribution in [0.3, 0.4) is 0 Å². The van der Waals surface area contributed by atoms with Crippen LogP contribution in [-0.2, 0) is 0 Å². The van der Waals surface area contributed by atoms with Gasteiger partial charge in [-0.25, -0.2) is 9.97 Å². The number of hydrogen-bond donors (Lipinski definition) is 1. The standard InChI is InChI=1S/C22H29N5O2/c1-16(2)19-10-20(25-15-24-19)26-8-5-22(6-9-26)11-18(28)13-27(14-22)21(29)17-4-3-7-23-12-17/h3-4,7,10,12,15-16,18,28H,5-6,8-9,11,13-14H2,1-2H3. The molecule has 7 nitrogen and oxygen atoms in total. The van der Waals surface area contributed by atoms with Crippen LogP contribution in [0.25, 0.3) is 0 Å². The number of aromatic nitrogens is 3. The molecule has 154 valence electrons. The van der Waals surface area contributed by atoms with E-state index in [1.165, 1.54) is 0 Å². The molecule has 1 spiro atoms. The number of likely N-dealkylation sites (tertiary alicyclic amines) is 1. The predicted octanol–water partition coefficient (Wildman–Crippen LogP) is 2.49. The molecular weight excluding hydrogens is 366 g/mol. The highest BCUT2D eigenvalue weighted by atomic mass is 16.3. The van der Waals surface area contributed by atoms with Crippen LogP contribution in [0.15, 0.2) is 36.9 Å². The molecule has 0 aliphatic carbocycles. The predicted molar refractivity (Wildman–Crippen MR) is 111 cm³/mol. The molecule has 2 aromatic rings. The molecule has 29 heavy (non-hydrogen) atoms. The zero-order valence-electron chi connectivity index (χ0n) is 17.2. The molecular formula is C22H29N5O2. The van der Waals surface area contributed by atoms with Gasteiger partial charge in [-0.3, -0.25) is 9.78 Å². The fourth-order valence-electron chi connectivity index (χ4n) is 4.60. The van der Waals surface area contributed by atoms with E-state index < -0.39 is 6.10 Å². The van der Waals surface area contributed by atoms with Crippen LogP contribution in [0, 0.1) is 5.41 Å². The lowest BCUT2D eigenvalue weighted by Gasteiger charge is -2.49. The van der Waals surface area contributed by atoms with Gasteiger partial charge in [0, 0.05) is 50.3 Å². The van der Waals surface area contributed by atoms with E-state index in [4.69, 9.17) is 0 Å². The molecule has 1 atom stereocenters. The van der Waals surface area contributed by atoms with Crippen molar-refractivity contribution >= 4 is 11.7 Å². The Morgan fingerprint density at radius 2 is 2.07 bits per heavy atom. The van der Waals surface area contributed by atoms with Crippen molar-refractivity contribution in [2.75, 3.05) is 31.1 Å². The Balaban J connectivity index is 1.45. The van der Waals surface area contributed by atoms with Gasteiger partial charge in [-0.15, -0.1) is 0 Å². The van der Waals surface area contributed by atoms with Crippen molar-refractivity contribution in [2.45, 2.75) is 45.1 Å². The summed E-state index contributed by atoms with van der Waals surface area (Å²) in [5.74, 6) is 1.29. The minimum absolute atomic E-state index is 0.0417. The average Bonchev–Trinajstić information content (AvgIpc) is 2.74. The smallest absolute Gasteiger partial charge is 0.255 e. The highest BCUT2D eigenvalue weighted by molar-refractivity contribution is 5.94. The molecule has 1 N–H and O–H groups in total. The Labute approximate surface area is 171 Å². The van der Waals surface area contributed by atoms with Crippen molar-refractivity contribution in [1.82, 2.24) is 19.9 Å². The molecule has 4 heterocycles. The molecule has 1 amide bonds. The van der Waals surface area contributed by atoms with Crippen LogP contribution in [0.1, 0.15) is 55.1 Å². The molecule has 0 aromatic carbocycles. The summed E-state index contributed by atoms with van der Waals surface area (Å²) < 4.78 is 0. The summed E-state index contributed by atoms with van der Waals surface area (Å²) in [7, 11) is 0. The molecule has 2 fully saturated rings. The van der Waals surface area contributed by atoms with Crippen molar-refractivity contribution in [2.24, 2.45) is 5.41 Å². The van der Waals surface area contributed by atoms with Gasteiger partial charge in [-0.1, -0.05) is 13.8 Å². The second-order valence-electron chi connectivity index (χ2n) is 8.73. The van der Waals surface area contributed by atoms with E-state index in [-0.39, 0.29) is 11.3 Å². The lowest BCUT2D eigenvalue weighted by atomic mass is 9.71. The number of nitrogens with zero attached hydrogens (tertiary/aromatic N) is 5. The van der Waals surface area contributed by atoms with Gasteiger partial charge in [-0.05, 0) is 42.7 Å². The van der Waals surface area contributed by atoms with Crippen LogP contribution in [0.4, 0.5) is 5.82 Å². The number of rotatable bonds is 3. The van der Waals surface area contributed by atoms with Crippen LogP contribution in [-0.4, -0.2) is 63.1 Å². The number of aliphatic hydroxyl groups excluding tert-OH is 1. The molecule has 2 aromatic heterocycles. The number of anilines is 1. The molecule has 1 unspecified atom stereocenters. The van der Waals surface area contributed by atoms with Crippen molar-refractivity contribution in [1.29, 1.82) is 0 Å². The summed E-state index contributed by atoms with van der Waals surface area (Å²) in [4.78, 5) is 29.9. The van der Waals surface area contributed by atoms with Crippen molar-refractivity contribution in [3.8, 4) is 0 Å². The fourth-order valence-corrected chi connectivity index (χ4v) is 4.60. The average molecular weight is 396 g/mol. The third-order valence-corrected chi connectivity index (χ3v) is 6.24. The number of piperidine rings is 2. The number of aliphatic hydroxyl groups is 1. The number of carbonyl (C=O) groups excluding carboxylic acids is 1. The highest BCUT2D eigenvalue weighted by Gasteiger charge is 2.43. The van der Waals surface area contributed by atoms with Gasteiger partial charge < -0.3 is 14.9 Å². The lowest BCUT2D eigenvalue weighted by molar-refractivity contribution is -0.0150. The van der Waals surface area contributed by atoms with E-state index in [0.717, 1.165) is 43.9 Å². The summed E-state index contributed by atoms with van der Waals surface area (Å²) in [5, 5.41) is 10.5. The Kier molecular flexibility index (Phi) is 5.50. The topological polar surface area (TPSA) is 82.5 Å². The Morgan fingerprint density at radius 1 is 1.28 bits per heavy atom. The minimum Gasteiger partial charge on any atom is -0.391 e. The number of hydrogen-bond acceptors (Lipinski definition) is 6. The zero-order valence-corrected chi connectivity index (χ0v) is 17.2. The van der Waals surface area contributed by atoms with Crippen LogP contribution in [0.2, 0.25) is 0 Å². The first-order valence-electron chi connectivity index (χ1n) is 10.4. The van der Waals surface area contributed by atoms with Crippen molar-refractivity contribution < 1.29 is 9.90 Å². The van der Waals surface area contributed by atoms with E-state index in [2.05, 4.69) is 39.8 Å². The first kappa shape index (κ1) is 19.8. The first-order valence-corrected chi connectivity index (χ1v) is 10.4. The lowest BCUT2D eigenvalue weighted by Crippen LogP contribution is -2.55. The van der Waals surface area contributed by atoms with Gasteiger partial charge in [0.15, 0.2) is 0 Å². The van der Waals surface area contributed by atoms with Crippen LogP contribution in [0.5, 0.6) is 0 Å².